The number of halogens is 2. The highest BCUT2D eigenvalue weighted by atomic mass is 35.5. The number of carbonyl (C=O) groups is 2. The zero-order chi connectivity index (χ0) is 22.0. The van der Waals surface area contributed by atoms with Crippen LogP contribution in [-0.4, -0.2) is 22.0 Å². The number of benzene rings is 2. The molecule has 158 valence electrons. The maximum atomic E-state index is 13.5. The van der Waals surface area contributed by atoms with Crippen LogP contribution in [0.15, 0.2) is 60.8 Å². The molecule has 1 aliphatic rings. The van der Waals surface area contributed by atoms with Crippen molar-refractivity contribution in [3.05, 3.63) is 88.3 Å². The first-order chi connectivity index (χ1) is 14.9. The maximum absolute atomic E-state index is 13.5. The molecule has 0 spiro atoms. The molecule has 31 heavy (non-hydrogen) atoms. The number of aromatic carboxylic acids is 1. The van der Waals surface area contributed by atoms with E-state index in [1.807, 2.05) is 0 Å². The zero-order valence-electron chi connectivity index (χ0n) is 16.3. The zero-order valence-corrected chi connectivity index (χ0v) is 17.0. The average Bonchev–Trinajstić information content (AvgIpc) is 2.72. The Hall–Kier alpha value is -3.45. The smallest absolute Gasteiger partial charge is 0.335 e. The van der Waals surface area contributed by atoms with Gasteiger partial charge in [-0.3, -0.25) is 4.79 Å². The van der Waals surface area contributed by atoms with Crippen LogP contribution in [0.1, 0.15) is 45.5 Å². The summed E-state index contributed by atoms with van der Waals surface area (Å²) < 4.78 is 19.1. The molecule has 0 radical (unpaired) electrons. The van der Waals surface area contributed by atoms with E-state index in [1.54, 1.807) is 18.2 Å². The van der Waals surface area contributed by atoms with E-state index in [9.17, 15) is 14.0 Å². The maximum Gasteiger partial charge on any atom is 0.335 e. The summed E-state index contributed by atoms with van der Waals surface area (Å²) in [5, 5.41) is 12.4. The van der Waals surface area contributed by atoms with Crippen molar-refractivity contribution < 1.29 is 23.8 Å². The predicted molar refractivity (Wildman–Crippen MR) is 112 cm³/mol. The molecule has 8 heteroatoms. The number of rotatable bonds is 6. The average molecular weight is 441 g/mol. The van der Waals surface area contributed by atoms with Gasteiger partial charge in [0.05, 0.1) is 16.1 Å². The first kappa shape index (κ1) is 20.8. The summed E-state index contributed by atoms with van der Waals surface area (Å²) >= 11 is 6.06. The highest BCUT2D eigenvalue weighted by molar-refractivity contribution is 6.30. The topological polar surface area (TPSA) is 88.5 Å². The van der Waals surface area contributed by atoms with Gasteiger partial charge in [-0.15, -0.1) is 0 Å². The lowest BCUT2D eigenvalue weighted by atomic mass is 9.71. The van der Waals surface area contributed by atoms with E-state index in [-0.39, 0.29) is 27.8 Å². The van der Waals surface area contributed by atoms with Crippen molar-refractivity contribution in [1.29, 1.82) is 0 Å². The van der Waals surface area contributed by atoms with Crippen molar-refractivity contribution in [2.45, 2.75) is 24.8 Å². The number of pyridine rings is 1. The van der Waals surface area contributed by atoms with Crippen LogP contribution in [0.4, 0.5) is 4.39 Å². The van der Waals surface area contributed by atoms with Crippen molar-refractivity contribution >= 4 is 23.5 Å². The SMILES string of the molecule is O=C(O)c1ccc(C2(NC(=O)c3cc(Cl)cnc3Oc3cccc(F)c3)CCC2)cc1. The molecule has 0 aliphatic heterocycles. The van der Waals surface area contributed by atoms with Crippen molar-refractivity contribution in [1.82, 2.24) is 10.3 Å². The number of nitrogens with zero attached hydrogens (tertiary/aromatic N) is 1. The number of nitrogens with one attached hydrogen (secondary N) is 1. The fraction of sp³-hybridized carbons (Fsp3) is 0.174. The second-order valence-electron chi connectivity index (χ2n) is 7.34. The van der Waals surface area contributed by atoms with Crippen LogP contribution >= 0.6 is 11.6 Å². The molecule has 1 fully saturated rings. The van der Waals surface area contributed by atoms with E-state index < -0.39 is 23.2 Å². The van der Waals surface area contributed by atoms with Gasteiger partial charge in [-0.2, -0.15) is 0 Å². The predicted octanol–water partition coefficient (Wildman–Crippen LogP) is 5.17. The van der Waals surface area contributed by atoms with Gasteiger partial charge in [0.2, 0.25) is 5.88 Å². The van der Waals surface area contributed by atoms with Gasteiger partial charge in [-0.25, -0.2) is 14.2 Å². The Bertz CT molecular complexity index is 1150. The number of aromatic nitrogens is 1. The number of hydrogen-bond donors (Lipinski definition) is 2. The monoisotopic (exact) mass is 440 g/mol. The second kappa shape index (κ2) is 8.35. The fourth-order valence-electron chi connectivity index (χ4n) is 3.55. The molecule has 1 amide bonds. The van der Waals surface area contributed by atoms with Gasteiger partial charge in [-0.1, -0.05) is 29.8 Å². The number of ether oxygens (including phenoxy) is 1. The van der Waals surface area contributed by atoms with Gasteiger partial charge in [0, 0.05) is 12.3 Å². The summed E-state index contributed by atoms with van der Waals surface area (Å²) in [6.07, 6.45) is 3.68. The molecule has 1 saturated carbocycles. The minimum absolute atomic E-state index is 0.00296. The molecular formula is C23H18ClFN2O4. The third kappa shape index (κ3) is 4.36. The van der Waals surface area contributed by atoms with Crippen LogP contribution in [0.2, 0.25) is 5.02 Å². The summed E-state index contributed by atoms with van der Waals surface area (Å²) in [5.74, 6) is -1.73. The third-order valence-corrected chi connectivity index (χ3v) is 5.52. The molecule has 6 nitrogen and oxygen atoms in total. The number of carboxylic acids is 1. The molecule has 2 N–H and O–H groups in total. The molecule has 3 aromatic rings. The molecule has 4 rings (SSSR count). The van der Waals surface area contributed by atoms with Crippen molar-refractivity contribution in [2.24, 2.45) is 0 Å². The van der Waals surface area contributed by atoms with Gasteiger partial charge >= 0.3 is 5.97 Å². The Kier molecular flexibility index (Phi) is 5.61. The summed E-state index contributed by atoms with van der Waals surface area (Å²) in [5.41, 5.74) is 0.492. The quantitative estimate of drug-likeness (QED) is 0.551. The standard InChI is InChI=1S/C23H18ClFN2O4/c24-16-11-19(21(26-13-16)31-18-4-1-3-17(25)12-18)20(28)27-23(9-2-10-23)15-7-5-14(6-8-15)22(29)30/h1,3-8,11-13H,2,9-10H2,(H,27,28)(H,29,30). The molecule has 0 bridgehead atoms. The molecule has 0 atom stereocenters. The Morgan fingerprint density at radius 2 is 1.87 bits per heavy atom. The number of amides is 1. The lowest BCUT2D eigenvalue weighted by Crippen LogP contribution is -2.50. The molecule has 2 aromatic carbocycles. The summed E-state index contributed by atoms with van der Waals surface area (Å²) in [6.45, 7) is 0. The Morgan fingerprint density at radius 1 is 1.13 bits per heavy atom. The lowest BCUT2D eigenvalue weighted by molar-refractivity contribution is 0.0695. The van der Waals surface area contributed by atoms with E-state index >= 15 is 0 Å². The van der Waals surface area contributed by atoms with Crippen LogP contribution in [-0.2, 0) is 5.54 Å². The summed E-state index contributed by atoms with van der Waals surface area (Å²) in [6, 6.07) is 13.4. The minimum atomic E-state index is -1.01. The van der Waals surface area contributed by atoms with E-state index in [1.165, 1.54) is 42.6 Å². The van der Waals surface area contributed by atoms with Crippen molar-refractivity contribution in [3.63, 3.8) is 0 Å². The molecule has 1 heterocycles. The van der Waals surface area contributed by atoms with Crippen molar-refractivity contribution in [3.8, 4) is 11.6 Å². The highest BCUT2D eigenvalue weighted by Crippen LogP contribution is 2.42. The Morgan fingerprint density at radius 3 is 2.48 bits per heavy atom. The van der Waals surface area contributed by atoms with E-state index in [0.717, 1.165) is 12.0 Å². The summed E-state index contributed by atoms with van der Waals surface area (Å²) in [7, 11) is 0. The van der Waals surface area contributed by atoms with E-state index in [2.05, 4.69) is 10.3 Å². The van der Waals surface area contributed by atoms with Crippen LogP contribution in [0.3, 0.4) is 0 Å². The largest absolute Gasteiger partial charge is 0.478 e. The Balaban J connectivity index is 1.61. The van der Waals surface area contributed by atoms with Gasteiger partial charge in [0.25, 0.3) is 5.91 Å². The first-order valence-electron chi connectivity index (χ1n) is 9.62. The van der Waals surface area contributed by atoms with E-state index in [4.69, 9.17) is 21.4 Å². The molecule has 1 aliphatic carbocycles. The highest BCUT2D eigenvalue weighted by Gasteiger charge is 2.40. The second-order valence-corrected chi connectivity index (χ2v) is 7.77. The van der Waals surface area contributed by atoms with Gasteiger partial charge < -0.3 is 15.2 Å². The number of carboxylic acid groups (broad SMARTS) is 1. The van der Waals surface area contributed by atoms with Gasteiger partial charge in [-0.05, 0) is 55.2 Å². The van der Waals surface area contributed by atoms with Gasteiger partial charge in [0.1, 0.15) is 17.1 Å². The van der Waals surface area contributed by atoms with Crippen molar-refractivity contribution in [2.75, 3.05) is 0 Å². The van der Waals surface area contributed by atoms with Crippen LogP contribution in [0, 0.1) is 5.82 Å². The van der Waals surface area contributed by atoms with Crippen LogP contribution < -0.4 is 10.1 Å². The van der Waals surface area contributed by atoms with Crippen LogP contribution in [0.5, 0.6) is 11.6 Å². The normalized spacial score (nSPS) is 14.4. The van der Waals surface area contributed by atoms with Gasteiger partial charge in [0.15, 0.2) is 0 Å². The molecule has 1 aromatic heterocycles. The molecule has 0 unspecified atom stereocenters. The number of carbonyl (C=O) groups excluding carboxylic acids is 1. The summed E-state index contributed by atoms with van der Waals surface area (Å²) in [4.78, 5) is 28.4. The Labute approximate surface area is 182 Å². The van der Waals surface area contributed by atoms with Crippen LogP contribution in [0.25, 0.3) is 0 Å². The third-order valence-electron chi connectivity index (χ3n) is 5.32. The molecule has 0 saturated heterocycles. The number of hydrogen-bond acceptors (Lipinski definition) is 4. The van der Waals surface area contributed by atoms with E-state index in [0.29, 0.717) is 12.8 Å². The lowest BCUT2D eigenvalue weighted by Gasteiger charge is -2.43. The molecular weight excluding hydrogens is 423 g/mol. The fourth-order valence-corrected chi connectivity index (χ4v) is 3.70. The first-order valence-corrected chi connectivity index (χ1v) is 9.99. The minimum Gasteiger partial charge on any atom is -0.478 e.